The maximum atomic E-state index is 13.5. The summed E-state index contributed by atoms with van der Waals surface area (Å²) in [6.07, 6.45) is 0. The summed E-state index contributed by atoms with van der Waals surface area (Å²) >= 11 is 1.11. The SMILES string of the molecule is Cc1nsc(Nc2ccc(C(=O)O)cc2F)n1. The van der Waals surface area contributed by atoms with E-state index in [0.717, 1.165) is 17.6 Å². The van der Waals surface area contributed by atoms with Crippen LogP contribution in [0.15, 0.2) is 18.2 Å². The number of benzene rings is 1. The average Bonchev–Trinajstić information content (AvgIpc) is 2.67. The fraction of sp³-hybridized carbons (Fsp3) is 0.100. The van der Waals surface area contributed by atoms with Gasteiger partial charge in [0, 0.05) is 11.5 Å². The molecule has 0 amide bonds. The molecule has 0 bridgehead atoms. The number of anilines is 2. The van der Waals surface area contributed by atoms with Crippen LogP contribution < -0.4 is 5.32 Å². The van der Waals surface area contributed by atoms with Crippen molar-refractivity contribution in [3.8, 4) is 0 Å². The van der Waals surface area contributed by atoms with Crippen LogP contribution in [0.2, 0.25) is 0 Å². The van der Waals surface area contributed by atoms with Gasteiger partial charge in [-0.3, -0.25) is 0 Å². The number of hydrogen-bond donors (Lipinski definition) is 2. The topological polar surface area (TPSA) is 75.1 Å². The molecule has 1 aromatic carbocycles. The van der Waals surface area contributed by atoms with Gasteiger partial charge in [0.1, 0.15) is 11.6 Å². The summed E-state index contributed by atoms with van der Waals surface area (Å²) in [7, 11) is 0. The van der Waals surface area contributed by atoms with Crippen molar-refractivity contribution in [3.63, 3.8) is 0 Å². The number of nitrogens with one attached hydrogen (secondary N) is 1. The van der Waals surface area contributed by atoms with E-state index < -0.39 is 11.8 Å². The first-order valence-electron chi connectivity index (χ1n) is 4.66. The Bertz CT molecular complexity index is 570. The minimum atomic E-state index is -1.16. The lowest BCUT2D eigenvalue weighted by molar-refractivity contribution is 0.0696. The molecule has 0 atom stereocenters. The third-order valence-electron chi connectivity index (χ3n) is 1.99. The predicted octanol–water partition coefficient (Wildman–Crippen LogP) is 2.43. The highest BCUT2D eigenvalue weighted by atomic mass is 32.1. The van der Waals surface area contributed by atoms with E-state index in [4.69, 9.17) is 5.11 Å². The van der Waals surface area contributed by atoms with Crippen molar-refractivity contribution in [2.45, 2.75) is 6.92 Å². The van der Waals surface area contributed by atoms with Crippen molar-refractivity contribution in [3.05, 3.63) is 35.4 Å². The van der Waals surface area contributed by atoms with Gasteiger partial charge in [-0.05, 0) is 25.1 Å². The Balaban J connectivity index is 2.25. The minimum absolute atomic E-state index is 0.0958. The molecule has 0 spiro atoms. The molecule has 0 aliphatic rings. The van der Waals surface area contributed by atoms with Crippen LogP contribution >= 0.6 is 11.5 Å². The second kappa shape index (κ2) is 4.46. The maximum absolute atomic E-state index is 13.5. The van der Waals surface area contributed by atoms with Gasteiger partial charge in [-0.25, -0.2) is 14.2 Å². The Labute approximate surface area is 100 Å². The third-order valence-corrected chi connectivity index (χ3v) is 2.71. The first kappa shape index (κ1) is 11.5. The zero-order valence-corrected chi connectivity index (χ0v) is 9.58. The Kier molecular flexibility index (Phi) is 3.01. The van der Waals surface area contributed by atoms with Gasteiger partial charge in [-0.2, -0.15) is 4.37 Å². The van der Waals surface area contributed by atoms with E-state index in [1.807, 2.05) is 0 Å². The summed E-state index contributed by atoms with van der Waals surface area (Å²) in [4.78, 5) is 14.6. The molecule has 17 heavy (non-hydrogen) atoms. The summed E-state index contributed by atoms with van der Waals surface area (Å²) in [6.45, 7) is 1.73. The molecule has 2 aromatic rings. The van der Waals surface area contributed by atoms with E-state index in [9.17, 15) is 9.18 Å². The minimum Gasteiger partial charge on any atom is -0.478 e. The Morgan fingerprint density at radius 1 is 1.53 bits per heavy atom. The van der Waals surface area contributed by atoms with Crippen molar-refractivity contribution in [2.75, 3.05) is 5.32 Å². The van der Waals surface area contributed by atoms with Crippen LogP contribution in [0.5, 0.6) is 0 Å². The zero-order valence-electron chi connectivity index (χ0n) is 8.77. The van der Waals surface area contributed by atoms with Crippen molar-refractivity contribution >= 4 is 28.3 Å². The van der Waals surface area contributed by atoms with Crippen LogP contribution in [-0.2, 0) is 0 Å². The molecular formula is C10H8FN3O2S. The highest BCUT2D eigenvalue weighted by molar-refractivity contribution is 7.09. The molecule has 0 unspecified atom stereocenters. The number of aromatic nitrogens is 2. The van der Waals surface area contributed by atoms with Gasteiger partial charge in [0.2, 0.25) is 5.13 Å². The molecule has 0 aliphatic carbocycles. The smallest absolute Gasteiger partial charge is 0.335 e. The molecule has 5 nitrogen and oxygen atoms in total. The van der Waals surface area contributed by atoms with E-state index in [1.165, 1.54) is 12.1 Å². The molecule has 88 valence electrons. The summed E-state index contributed by atoms with van der Waals surface area (Å²) in [5.41, 5.74) is 0.0765. The van der Waals surface area contributed by atoms with Crippen molar-refractivity contribution in [1.82, 2.24) is 9.36 Å². The van der Waals surface area contributed by atoms with Gasteiger partial charge in [-0.15, -0.1) is 0 Å². The van der Waals surface area contributed by atoms with E-state index in [2.05, 4.69) is 14.7 Å². The molecule has 1 aromatic heterocycles. The van der Waals surface area contributed by atoms with Gasteiger partial charge < -0.3 is 10.4 Å². The van der Waals surface area contributed by atoms with Gasteiger partial charge in [0.25, 0.3) is 0 Å². The lowest BCUT2D eigenvalue weighted by atomic mass is 10.2. The normalized spacial score (nSPS) is 10.2. The van der Waals surface area contributed by atoms with Crippen molar-refractivity contribution in [2.24, 2.45) is 0 Å². The lowest BCUT2D eigenvalue weighted by Gasteiger charge is -2.04. The first-order valence-corrected chi connectivity index (χ1v) is 5.44. The van der Waals surface area contributed by atoms with Crippen LogP contribution in [0.3, 0.4) is 0 Å². The van der Waals surface area contributed by atoms with Gasteiger partial charge in [0.05, 0.1) is 11.3 Å². The van der Waals surface area contributed by atoms with Gasteiger partial charge in [-0.1, -0.05) is 0 Å². The van der Waals surface area contributed by atoms with Crippen LogP contribution in [0, 0.1) is 12.7 Å². The second-order valence-corrected chi connectivity index (χ2v) is 4.02. The quantitative estimate of drug-likeness (QED) is 0.878. The van der Waals surface area contributed by atoms with E-state index in [-0.39, 0.29) is 11.3 Å². The molecule has 7 heteroatoms. The summed E-state index contributed by atoms with van der Waals surface area (Å²) in [6, 6.07) is 3.63. The average molecular weight is 253 g/mol. The van der Waals surface area contributed by atoms with Crippen molar-refractivity contribution < 1.29 is 14.3 Å². The first-order chi connectivity index (χ1) is 8.06. The second-order valence-electron chi connectivity index (χ2n) is 3.27. The number of halogens is 1. The fourth-order valence-electron chi connectivity index (χ4n) is 1.21. The van der Waals surface area contributed by atoms with Crippen LogP contribution in [-0.4, -0.2) is 20.4 Å². The number of carboxylic acids is 1. The monoisotopic (exact) mass is 253 g/mol. The van der Waals surface area contributed by atoms with E-state index >= 15 is 0 Å². The number of nitrogens with zero attached hydrogens (tertiary/aromatic N) is 2. The fourth-order valence-corrected chi connectivity index (χ4v) is 1.80. The highest BCUT2D eigenvalue weighted by Gasteiger charge is 2.09. The van der Waals surface area contributed by atoms with Gasteiger partial charge >= 0.3 is 5.97 Å². The third kappa shape index (κ3) is 2.56. The number of aryl methyl sites for hydroxylation is 1. The summed E-state index contributed by atoms with van der Waals surface area (Å²) in [5, 5.41) is 11.9. The van der Waals surface area contributed by atoms with Crippen LogP contribution in [0.25, 0.3) is 0 Å². The van der Waals surface area contributed by atoms with E-state index in [1.54, 1.807) is 6.92 Å². The number of rotatable bonds is 3. The maximum Gasteiger partial charge on any atom is 0.335 e. The van der Waals surface area contributed by atoms with Crippen LogP contribution in [0.4, 0.5) is 15.2 Å². The molecular weight excluding hydrogens is 245 g/mol. The van der Waals surface area contributed by atoms with Crippen molar-refractivity contribution in [1.29, 1.82) is 0 Å². The molecule has 2 N–H and O–H groups in total. The standard InChI is InChI=1S/C10H8FN3O2S/c1-5-12-10(17-14-5)13-8-3-2-6(9(15)16)4-7(8)11/h2-4H,1H3,(H,15,16)(H,12,13,14). The van der Waals surface area contributed by atoms with E-state index in [0.29, 0.717) is 11.0 Å². The number of aromatic carboxylic acids is 1. The molecule has 0 aliphatic heterocycles. The molecule has 0 saturated carbocycles. The Morgan fingerprint density at radius 3 is 2.82 bits per heavy atom. The summed E-state index contributed by atoms with van der Waals surface area (Å²) in [5.74, 6) is -1.21. The number of carbonyl (C=O) groups is 1. The van der Waals surface area contributed by atoms with Crippen LogP contribution in [0.1, 0.15) is 16.2 Å². The molecule has 0 saturated heterocycles. The molecule has 0 radical (unpaired) electrons. The largest absolute Gasteiger partial charge is 0.478 e. The molecule has 1 heterocycles. The highest BCUT2D eigenvalue weighted by Crippen LogP contribution is 2.22. The zero-order chi connectivity index (χ0) is 12.4. The molecule has 2 rings (SSSR count). The predicted molar refractivity (Wildman–Crippen MR) is 61.3 cm³/mol. The summed E-state index contributed by atoms with van der Waals surface area (Å²) < 4.78 is 17.5. The Hall–Kier alpha value is -2.02. The number of carboxylic acid groups (broad SMARTS) is 1. The Morgan fingerprint density at radius 2 is 2.29 bits per heavy atom. The van der Waals surface area contributed by atoms with Gasteiger partial charge in [0.15, 0.2) is 0 Å². The molecule has 0 fully saturated rings. The lowest BCUT2D eigenvalue weighted by Crippen LogP contribution is -1.99. The number of hydrogen-bond acceptors (Lipinski definition) is 5.